The van der Waals surface area contributed by atoms with Gasteiger partial charge in [0.25, 0.3) is 0 Å². The Hall–Kier alpha value is -7.37. The van der Waals surface area contributed by atoms with E-state index in [1.54, 1.807) is 0 Å². The third-order valence-corrected chi connectivity index (χ3v) is 12.0. The Kier molecular flexibility index (Phi) is 6.62. The summed E-state index contributed by atoms with van der Waals surface area (Å²) in [6, 6.07) is 59.8. The number of nitrogens with zero attached hydrogens (tertiary/aromatic N) is 4. The second-order valence-corrected chi connectivity index (χ2v) is 15.6. The number of hydrogen-bond donors (Lipinski definition) is 0. The Morgan fingerprint density at radius 1 is 0.474 bits per heavy atom. The zero-order valence-corrected chi connectivity index (χ0v) is 31.4. The molecular formula is C52H34N4O. The third-order valence-electron chi connectivity index (χ3n) is 12.0. The molecule has 0 atom stereocenters. The lowest BCUT2D eigenvalue weighted by atomic mass is 9.80. The van der Waals surface area contributed by atoms with Crippen LogP contribution in [0.3, 0.4) is 0 Å². The van der Waals surface area contributed by atoms with Crippen molar-refractivity contribution >= 4 is 54.5 Å². The molecule has 0 bridgehead atoms. The topological polar surface area (TPSA) is 56.7 Å². The molecule has 0 saturated carbocycles. The number of benzene rings is 8. The van der Waals surface area contributed by atoms with Crippen LogP contribution in [0.2, 0.25) is 0 Å². The zero-order valence-electron chi connectivity index (χ0n) is 31.4. The Morgan fingerprint density at radius 3 is 1.84 bits per heavy atom. The summed E-state index contributed by atoms with van der Waals surface area (Å²) in [5.74, 6) is 1.84. The number of hydrogen-bond acceptors (Lipinski definition) is 4. The molecule has 57 heavy (non-hydrogen) atoms. The fourth-order valence-corrected chi connectivity index (χ4v) is 9.43. The van der Waals surface area contributed by atoms with Gasteiger partial charge in [0.05, 0.1) is 16.7 Å². The minimum absolute atomic E-state index is 0.194. The summed E-state index contributed by atoms with van der Waals surface area (Å²) < 4.78 is 9.40. The predicted molar refractivity (Wildman–Crippen MR) is 233 cm³/mol. The minimum Gasteiger partial charge on any atom is -0.454 e. The van der Waals surface area contributed by atoms with Gasteiger partial charge in [-0.25, -0.2) is 15.0 Å². The molecule has 5 heteroatoms. The Morgan fingerprint density at radius 2 is 1.09 bits per heavy atom. The first-order valence-electron chi connectivity index (χ1n) is 19.5. The summed E-state index contributed by atoms with van der Waals surface area (Å²) in [5, 5.41) is 6.90. The molecule has 0 fully saturated rings. The number of fused-ring (bicyclic) bond motifs is 11. The number of para-hydroxylation sites is 1. The van der Waals surface area contributed by atoms with Gasteiger partial charge in [0.2, 0.25) is 0 Å². The summed E-state index contributed by atoms with van der Waals surface area (Å²) in [7, 11) is 0. The van der Waals surface area contributed by atoms with Crippen LogP contribution in [0.15, 0.2) is 174 Å². The summed E-state index contributed by atoms with van der Waals surface area (Å²) in [5.41, 5.74) is 12.7. The second kappa shape index (κ2) is 11.8. The molecule has 12 rings (SSSR count). The van der Waals surface area contributed by atoms with Crippen LogP contribution >= 0.6 is 0 Å². The van der Waals surface area contributed by atoms with E-state index in [-0.39, 0.29) is 5.41 Å². The molecule has 11 aromatic rings. The van der Waals surface area contributed by atoms with Crippen molar-refractivity contribution in [3.63, 3.8) is 0 Å². The minimum atomic E-state index is -0.194. The van der Waals surface area contributed by atoms with Crippen LogP contribution in [0.25, 0.3) is 105 Å². The molecule has 3 heterocycles. The maximum atomic E-state index is 6.98. The molecule has 0 unspecified atom stereocenters. The maximum absolute atomic E-state index is 6.98. The van der Waals surface area contributed by atoms with Gasteiger partial charge in [0.15, 0.2) is 23.1 Å². The van der Waals surface area contributed by atoms with Crippen molar-refractivity contribution in [2.45, 2.75) is 19.3 Å². The molecule has 1 aliphatic rings. The highest BCUT2D eigenvalue weighted by Crippen LogP contribution is 2.54. The largest absolute Gasteiger partial charge is 0.454 e. The van der Waals surface area contributed by atoms with E-state index in [0.29, 0.717) is 17.5 Å². The van der Waals surface area contributed by atoms with Gasteiger partial charge in [-0.15, -0.1) is 0 Å². The van der Waals surface area contributed by atoms with Gasteiger partial charge in [0.1, 0.15) is 5.58 Å². The lowest BCUT2D eigenvalue weighted by Gasteiger charge is -2.22. The average Bonchev–Trinajstić information content (AvgIpc) is 3.88. The van der Waals surface area contributed by atoms with E-state index in [9.17, 15) is 0 Å². The monoisotopic (exact) mass is 730 g/mol. The van der Waals surface area contributed by atoms with E-state index in [0.717, 1.165) is 55.3 Å². The van der Waals surface area contributed by atoms with Gasteiger partial charge in [-0.3, -0.25) is 0 Å². The number of aromatic nitrogens is 4. The van der Waals surface area contributed by atoms with Crippen LogP contribution in [0, 0.1) is 0 Å². The van der Waals surface area contributed by atoms with Crippen molar-refractivity contribution in [3.8, 4) is 51.0 Å². The van der Waals surface area contributed by atoms with Crippen LogP contribution in [-0.2, 0) is 5.41 Å². The molecule has 0 amide bonds. The summed E-state index contributed by atoms with van der Waals surface area (Å²) in [6.07, 6.45) is 0. The Bertz CT molecular complexity index is 3370. The Labute approximate surface area is 328 Å². The third kappa shape index (κ3) is 4.60. The van der Waals surface area contributed by atoms with E-state index in [2.05, 4.69) is 115 Å². The molecule has 268 valence electrons. The number of rotatable bonds is 4. The molecular weight excluding hydrogens is 697 g/mol. The molecule has 0 saturated heterocycles. The van der Waals surface area contributed by atoms with Crippen LogP contribution in [0.5, 0.6) is 0 Å². The van der Waals surface area contributed by atoms with Crippen molar-refractivity contribution < 1.29 is 4.42 Å². The molecule has 0 radical (unpaired) electrons. The quantitative estimate of drug-likeness (QED) is 0.181. The SMILES string of the molecule is CC1(C)c2ccccc2-c2ccc3c(c21)c1cc2ccccc2cc1n3-c1ccc(-c2nc(-c3ccccc3)nc(-c3ccccc3)n2)c2c1oc1ccccc12. The highest BCUT2D eigenvalue weighted by atomic mass is 16.3. The van der Waals surface area contributed by atoms with Crippen LogP contribution in [0.1, 0.15) is 25.0 Å². The lowest BCUT2D eigenvalue weighted by molar-refractivity contribution is 0.666. The first kappa shape index (κ1) is 31.9. The van der Waals surface area contributed by atoms with Crippen molar-refractivity contribution in [1.29, 1.82) is 0 Å². The van der Waals surface area contributed by atoms with Crippen LogP contribution in [0.4, 0.5) is 0 Å². The van der Waals surface area contributed by atoms with Crippen molar-refractivity contribution in [3.05, 3.63) is 181 Å². The predicted octanol–water partition coefficient (Wildman–Crippen LogP) is 13.3. The van der Waals surface area contributed by atoms with E-state index < -0.39 is 0 Å². The van der Waals surface area contributed by atoms with Gasteiger partial charge in [0, 0.05) is 43.7 Å². The summed E-state index contributed by atoms with van der Waals surface area (Å²) in [4.78, 5) is 15.3. The molecule has 0 N–H and O–H groups in total. The second-order valence-electron chi connectivity index (χ2n) is 15.6. The van der Waals surface area contributed by atoms with Crippen molar-refractivity contribution in [1.82, 2.24) is 19.5 Å². The first-order valence-corrected chi connectivity index (χ1v) is 19.5. The normalized spacial score (nSPS) is 13.2. The van der Waals surface area contributed by atoms with E-state index in [1.807, 2.05) is 72.8 Å². The van der Waals surface area contributed by atoms with Gasteiger partial charge >= 0.3 is 0 Å². The summed E-state index contributed by atoms with van der Waals surface area (Å²) >= 11 is 0. The van der Waals surface area contributed by atoms with Gasteiger partial charge in [-0.05, 0) is 69.4 Å². The molecule has 5 nitrogen and oxygen atoms in total. The first-order chi connectivity index (χ1) is 28.0. The molecule has 0 spiro atoms. The molecule has 3 aromatic heterocycles. The van der Waals surface area contributed by atoms with Crippen LogP contribution < -0.4 is 0 Å². The molecule has 0 aliphatic heterocycles. The van der Waals surface area contributed by atoms with Gasteiger partial charge in [-0.2, -0.15) is 0 Å². The number of furan rings is 1. The van der Waals surface area contributed by atoms with Crippen molar-refractivity contribution in [2.24, 2.45) is 0 Å². The van der Waals surface area contributed by atoms with Gasteiger partial charge in [-0.1, -0.05) is 147 Å². The van der Waals surface area contributed by atoms with Crippen LogP contribution in [-0.4, -0.2) is 19.5 Å². The highest BCUT2D eigenvalue weighted by Gasteiger charge is 2.38. The maximum Gasteiger partial charge on any atom is 0.164 e. The fourth-order valence-electron chi connectivity index (χ4n) is 9.43. The zero-order chi connectivity index (χ0) is 37.8. The average molecular weight is 731 g/mol. The van der Waals surface area contributed by atoms with E-state index >= 15 is 0 Å². The summed E-state index contributed by atoms with van der Waals surface area (Å²) in [6.45, 7) is 4.74. The standard InChI is InChI=1S/C52H34N4O/c1-52(2)40-23-13-11-21-35(40)36-25-27-41-46(47(36)52)39-29-33-19-9-10-20-34(33)30-43(39)56(41)42-28-26-38(45-37-22-12-14-24-44(37)57-48(42)45)51-54-49(31-15-5-3-6-16-31)53-50(55-51)32-17-7-4-8-18-32/h3-30H,1-2H3. The smallest absolute Gasteiger partial charge is 0.164 e. The Balaban J connectivity index is 1.19. The highest BCUT2D eigenvalue weighted by molar-refractivity contribution is 6.20. The molecule has 8 aromatic carbocycles. The van der Waals surface area contributed by atoms with E-state index in [1.165, 1.54) is 43.8 Å². The van der Waals surface area contributed by atoms with Crippen molar-refractivity contribution in [2.75, 3.05) is 0 Å². The molecule has 1 aliphatic carbocycles. The van der Waals surface area contributed by atoms with Gasteiger partial charge < -0.3 is 8.98 Å². The fraction of sp³-hybridized carbons (Fsp3) is 0.0577. The lowest BCUT2D eigenvalue weighted by Crippen LogP contribution is -2.15. The van der Waals surface area contributed by atoms with E-state index in [4.69, 9.17) is 19.4 Å².